The Morgan fingerprint density at radius 3 is 2.43 bits per heavy atom. The summed E-state index contributed by atoms with van der Waals surface area (Å²) in [5, 5.41) is 3.91. The number of hydrogen-bond acceptors (Lipinski definition) is 5. The van der Waals surface area contributed by atoms with E-state index >= 15 is 0 Å². The molecule has 2 heterocycles. The number of aryl methyl sites for hydroxylation is 1. The molecule has 0 atom stereocenters. The molecular formula is C16H12ClN3O2S. The molecule has 0 saturated heterocycles. The minimum absolute atomic E-state index is 0.0118. The van der Waals surface area contributed by atoms with E-state index in [-0.39, 0.29) is 10.8 Å². The summed E-state index contributed by atoms with van der Waals surface area (Å²) >= 11 is 7.60. The van der Waals surface area contributed by atoms with E-state index in [1.54, 1.807) is 24.2 Å². The Balaban J connectivity index is 1.75. The van der Waals surface area contributed by atoms with Crippen LogP contribution in [0, 0.1) is 0 Å². The van der Waals surface area contributed by atoms with Gasteiger partial charge >= 0.3 is 0 Å². The summed E-state index contributed by atoms with van der Waals surface area (Å²) in [4.78, 5) is 17.9. The molecule has 0 aliphatic rings. The smallest absolute Gasteiger partial charge is 0.289 e. The maximum atomic E-state index is 11.7. The fourth-order valence-corrected chi connectivity index (χ4v) is 2.82. The first kappa shape index (κ1) is 15.6. The van der Waals surface area contributed by atoms with Crippen LogP contribution in [-0.2, 0) is 7.05 Å². The number of ether oxygens (including phenoxy) is 1. The molecule has 3 rings (SSSR count). The molecule has 23 heavy (non-hydrogen) atoms. The molecule has 0 spiro atoms. The minimum Gasteiger partial charge on any atom is -0.454 e. The Labute approximate surface area is 141 Å². The predicted octanol–water partition coefficient (Wildman–Crippen LogP) is 3.77. The van der Waals surface area contributed by atoms with Gasteiger partial charge in [0.15, 0.2) is 10.8 Å². The summed E-state index contributed by atoms with van der Waals surface area (Å²) in [7, 11) is 1.53. The first-order valence-corrected chi connectivity index (χ1v) is 7.90. The second-order valence-electron chi connectivity index (χ2n) is 4.61. The van der Waals surface area contributed by atoms with Crippen LogP contribution in [0.25, 0.3) is 0 Å². The molecule has 0 bridgehead atoms. The number of benzene rings is 1. The zero-order valence-electron chi connectivity index (χ0n) is 12.1. The summed E-state index contributed by atoms with van der Waals surface area (Å²) in [6.45, 7) is 0. The summed E-state index contributed by atoms with van der Waals surface area (Å²) in [5.41, 5.74) is -0.394. The van der Waals surface area contributed by atoms with E-state index in [1.807, 2.05) is 36.4 Å². The van der Waals surface area contributed by atoms with Gasteiger partial charge in [-0.1, -0.05) is 23.4 Å². The Morgan fingerprint density at radius 1 is 1.09 bits per heavy atom. The lowest BCUT2D eigenvalue weighted by Gasteiger charge is -2.08. The monoisotopic (exact) mass is 345 g/mol. The lowest BCUT2D eigenvalue weighted by atomic mass is 10.3. The van der Waals surface area contributed by atoms with Gasteiger partial charge in [0.05, 0.1) is 6.20 Å². The molecule has 0 aliphatic carbocycles. The van der Waals surface area contributed by atoms with Crippen molar-refractivity contribution in [3.8, 4) is 11.5 Å². The molecule has 0 amide bonds. The summed E-state index contributed by atoms with van der Waals surface area (Å²) in [5.74, 6) is 0.824. The standard InChI is InChI=1S/C16H12ClN3O2S/c1-20-16(21)15(17)14(10-19-20)22-11-2-4-12(5-3-11)23-13-6-8-18-9-7-13/h2-10H,1H3. The number of rotatable bonds is 4. The van der Waals surface area contributed by atoms with E-state index in [4.69, 9.17) is 16.3 Å². The van der Waals surface area contributed by atoms with Crippen molar-refractivity contribution in [2.45, 2.75) is 9.79 Å². The highest BCUT2D eigenvalue weighted by Crippen LogP contribution is 2.30. The number of halogens is 1. The third-order valence-corrected chi connectivity index (χ3v) is 4.35. The molecule has 7 heteroatoms. The second-order valence-corrected chi connectivity index (χ2v) is 6.13. The van der Waals surface area contributed by atoms with Crippen LogP contribution in [0.3, 0.4) is 0 Å². The van der Waals surface area contributed by atoms with Gasteiger partial charge in [-0.25, -0.2) is 4.68 Å². The lowest BCUT2D eigenvalue weighted by Crippen LogP contribution is -2.19. The fraction of sp³-hybridized carbons (Fsp3) is 0.0625. The van der Waals surface area contributed by atoms with Gasteiger partial charge < -0.3 is 4.74 Å². The van der Waals surface area contributed by atoms with Crippen molar-refractivity contribution in [3.05, 3.63) is 70.4 Å². The number of nitrogens with zero attached hydrogens (tertiary/aromatic N) is 3. The molecule has 116 valence electrons. The van der Waals surface area contributed by atoms with Crippen molar-refractivity contribution in [3.63, 3.8) is 0 Å². The Hall–Kier alpha value is -2.31. The normalized spacial score (nSPS) is 10.5. The fourth-order valence-electron chi connectivity index (χ4n) is 1.81. The first-order chi connectivity index (χ1) is 11.1. The van der Waals surface area contributed by atoms with E-state index in [0.29, 0.717) is 5.75 Å². The van der Waals surface area contributed by atoms with E-state index in [1.165, 1.54) is 13.2 Å². The van der Waals surface area contributed by atoms with Gasteiger partial charge in [0.1, 0.15) is 5.75 Å². The third kappa shape index (κ3) is 3.72. The molecule has 5 nitrogen and oxygen atoms in total. The average molecular weight is 346 g/mol. The van der Waals surface area contributed by atoms with Crippen LogP contribution in [0.5, 0.6) is 11.5 Å². The zero-order chi connectivity index (χ0) is 16.2. The van der Waals surface area contributed by atoms with Crippen LogP contribution >= 0.6 is 23.4 Å². The van der Waals surface area contributed by atoms with Crippen molar-refractivity contribution < 1.29 is 4.74 Å². The molecule has 1 aromatic carbocycles. The second kappa shape index (κ2) is 6.85. The number of aromatic nitrogens is 3. The highest BCUT2D eigenvalue weighted by molar-refractivity contribution is 7.99. The van der Waals surface area contributed by atoms with Gasteiger partial charge in [-0.15, -0.1) is 0 Å². The van der Waals surface area contributed by atoms with E-state index in [0.717, 1.165) is 14.5 Å². The maximum Gasteiger partial charge on any atom is 0.289 e. The van der Waals surface area contributed by atoms with Crippen molar-refractivity contribution in [2.24, 2.45) is 7.05 Å². The third-order valence-electron chi connectivity index (χ3n) is 2.98. The van der Waals surface area contributed by atoms with Gasteiger partial charge in [-0.2, -0.15) is 5.10 Å². The average Bonchev–Trinajstić information content (AvgIpc) is 2.58. The highest BCUT2D eigenvalue weighted by Gasteiger charge is 2.09. The van der Waals surface area contributed by atoms with Crippen molar-refractivity contribution >= 4 is 23.4 Å². The first-order valence-electron chi connectivity index (χ1n) is 6.71. The van der Waals surface area contributed by atoms with Crippen LogP contribution in [0.2, 0.25) is 5.02 Å². The summed E-state index contributed by atoms with van der Waals surface area (Å²) in [6, 6.07) is 11.4. The van der Waals surface area contributed by atoms with Gasteiger partial charge in [0, 0.05) is 29.2 Å². The number of pyridine rings is 1. The minimum atomic E-state index is -0.394. The lowest BCUT2D eigenvalue weighted by molar-refractivity contribution is 0.472. The SMILES string of the molecule is Cn1ncc(Oc2ccc(Sc3ccncc3)cc2)c(Cl)c1=O. The van der Waals surface area contributed by atoms with Gasteiger partial charge in [0.2, 0.25) is 0 Å². The largest absolute Gasteiger partial charge is 0.454 e. The molecule has 0 saturated carbocycles. The van der Waals surface area contributed by atoms with Gasteiger partial charge in [-0.05, 0) is 36.4 Å². The Bertz CT molecular complexity index is 867. The number of hydrogen-bond donors (Lipinski definition) is 0. The topological polar surface area (TPSA) is 57.0 Å². The van der Waals surface area contributed by atoms with E-state index in [2.05, 4.69) is 10.1 Å². The van der Waals surface area contributed by atoms with Gasteiger partial charge in [0.25, 0.3) is 5.56 Å². The maximum absolute atomic E-state index is 11.7. The molecule has 3 aromatic rings. The molecule has 0 fully saturated rings. The molecule has 0 N–H and O–H groups in total. The van der Waals surface area contributed by atoms with Crippen LogP contribution in [-0.4, -0.2) is 14.8 Å². The Morgan fingerprint density at radius 2 is 1.74 bits per heavy atom. The zero-order valence-corrected chi connectivity index (χ0v) is 13.7. The van der Waals surface area contributed by atoms with Crippen LogP contribution in [0.1, 0.15) is 0 Å². The molecule has 0 radical (unpaired) electrons. The van der Waals surface area contributed by atoms with E-state index in [9.17, 15) is 4.79 Å². The molecular weight excluding hydrogens is 334 g/mol. The van der Waals surface area contributed by atoms with Gasteiger partial charge in [-0.3, -0.25) is 9.78 Å². The van der Waals surface area contributed by atoms with Crippen LogP contribution in [0.4, 0.5) is 0 Å². The highest BCUT2D eigenvalue weighted by atomic mass is 35.5. The van der Waals surface area contributed by atoms with Crippen molar-refractivity contribution in [2.75, 3.05) is 0 Å². The quantitative estimate of drug-likeness (QED) is 0.720. The van der Waals surface area contributed by atoms with Crippen LogP contribution in [0.15, 0.2) is 69.6 Å². The summed E-state index contributed by atoms with van der Waals surface area (Å²) in [6.07, 6.45) is 4.93. The molecule has 2 aromatic heterocycles. The van der Waals surface area contributed by atoms with Crippen molar-refractivity contribution in [1.82, 2.24) is 14.8 Å². The Kier molecular flexibility index (Phi) is 4.64. The summed E-state index contributed by atoms with van der Waals surface area (Å²) < 4.78 is 6.78. The van der Waals surface area contributed by atoms with Crippen molar-refractivity contribution in [1.29, 1.82) is 0 Å². The van der Waals surface area contributed by atoms with E-state index < -0.39 is 5.56 Å². The van der Waals surface area contributed by atoms with Crippen LogP contribution < -0.4 is 10.3 Å². The predicted molar refractivity (Wildman–Crippen MR) is 89.4 cm³/mol. The molecule has 0 unspecified atom stereocenters. The molecule has 0 aliphatic heterocycles.